The number of rotatable bonds is 6. The van der Waals surface area contributed by atoms with E-state index in [0.29, 0.717) is 17.1 Å². The van der Waals surface area contributed by atoms with Gasteiger partial charge in [0.25, 0.3) is 0 Å². The highest BCUT2D eigenvalue weighted by Gasteiger charge is 2.25. The van der Waals surface area contributed by atoms with E-state index in [2.05, 4.69) is 10.1 Å². The number of carbonyl (C=O) groups is 1. The summed E-state index contributed by atoms with van der Waals surface area (Å²) in [6.45, 7) is 2.99. The van der Waals surface area contributed by atoms with Gasteiger partial charge in [-0.05, 0) is 69.1 Å². The molecule has 0 aliphatic carbocycles. The molecule has 2 aromatic carbocycles. The number of likely N-dealkylation sites (tertiary alicyclic amines) is 1. The zero-order valence-electron chi connectivity index (χ0n) is 15.7. The summed E-state index contributed by atoms with van der Waals surface area (Å²) in [4.78, 5) is 14.0. The summed E-state index contributed by atoms with van der Waals surface area (Å²) in [7, 11) is 0. The van der Waals surface area contributed by atoms with Gasteiger partial charge < -0.3 is 15.2 Å². The maximum Gasteiger partial charge on any atom is 0.248 e. The quantitative estimate of drug-likeness (QED) is 0.703. The van der Waals surface area contributed by atoms with E-state index >= 15 is 0 Å². The molecular weight excluding hydrogens is 357 g/mol. The van der Waals surface area contributed by atoms with Gasteiger partial charge in [0.1, 0.15) is 5.82 Å². The number of halogens is 1. The number of piperidine rings is 1. The average molecular weight is 381 g/mol. The second-order valence-electron chi connectivity index (χ2n) is 7.45. The molecule has 1 saturated heterocycles. The first-order valence-electron chi connectivity index (χ1n) is 9.76. The van der Waals surface area contributed by atoms with Crippen molar-refractivity contribution in [1.29, 1.82) is 0 Å². The van der Waals surface area contributed by atoms with Crippen molar-refractivity contribution in [2.45, 2.75) is 31.6 Å². The third-order valence-corrected chi connectivity index (χ3v) is 5.64. The van der Waals surface area contributed by atoms with Crippen molar-refractivity contribution in [2.75, 3.05) is 19.6 Å². The van der Waals surface area contributed by atoms with Gasteiger partial charge in [-0.3, -0.25) is 4.79 Å². The normalized spacial score (nSPS) is 15.9. The third-order valence-electron chi connectivity index (χ3n) is 5.64. The van der Waals surface area contributed by atoms with Gasteiger partial charge in [-0.2, -0.15) is 0 Å². The minimum absolute atomic E-state index is 0.303. The molecule has 0 radical (unpaired) electrons. The predicted molar refractivity (Wildman–Crippen MR) is 106 cm³/mol. The Labute approximate surface area is 163 Å². The average Bonchev–Trinajstić information content (AvgIpc) is 3.12. The second-order valence-corrected chi connectivity index (χ2v) is 7.45. The number of carbonyl (C=O) groups excluding carboxylic acids is 1. The van der Waals surface area contributed by atoms with Crippen LogP contribution in [0.15, 0.2) is 47.0 Å². The van der Waals surface area contributed by atoms with Crippen LogP contribution in [0.2, 0.25) is 0 Å². The Bertz CT molecular complexity index is 977. The van der Waals surface area contributed by atoms with Crippen molar-refractivity contribution in [2.24, 2.45) is 5.73 Å². The standard InChI is InChI=1S/C22H24FN3O2/c23-17-7-8-19-20(14-17)28-25-21(19)16-9-12-26(13-10-16)11-3-5-15-4-1-2-6-18(15)22(24)27/h1-2,4,6-8,14,16H,3,5,9-13H2,(H2,24,27). The number of amides is 1. The van der Waals surface area contributed by atoms with E-state index in [-0.39, 0.29) is 11.7 Å². The number of benzene rings is 2. The van der Waals surface area contributed by atoms with Crippen molar-refractivity contribution in [3.05, 3.63) is 65.1 Å². The summed E-state index contributed by atoms with van der Waals surface area (Å²) >= 11 is 0. The molecule has 28 heavy (non-hydrogen) atoms. The van der Waals surface area contributed by atoms with E-state index in [0.717, 1.165) is 62.0 Å². The Kier molecular flexibility index (Phi) is 5.39. The second kappa shape index (κ2) is 8.10. The van der Waals surface area contributed by atoms with Crippen LogP contribution in [0, 0.1) is 5.82 Å². The summed E-state index contributed by atoms with van der Waals surface area (Å²) in [5, 5.41) is 5.13. The molecule has 2 heterocycles. The van der Waals surface area contributed by atoms with Crippen LogP contribution in [0.4, 0.5) is 4.39 Å². The lowest BCUT2D eigenvalue weighted by atomic mass is 9.91. The molecule has 0 unspecified atom stereocenters. The molecule has 5 nitrogen and oxygen atoms in total. The summed E-state index contributed by atoms with van der Waals surface area (Å²) in [6.07, 6.45) is 3.85. The van der Waals surface area contributed by atoms with Crippen LogP contribution in [0.5, 0.6) is 0 Å². The minimum atomic E-state index is -0.365. The van der Waals surface area contributed by atoms with E-state index < -0.39 is 0 Å². The van der Waals surface area contributed by atoms with Gasteiger partial charge in [0.15, 0.2) is 5.58 Å². The highest BCUT2D eigenvalue weighted by atomic mass is 19.1. The van der Waals surface area contributed by atoms with Crippen molar-refractivity contribution in [3.8, 4) is 0 Å². The molecule has 0 saturated carbocycles. The van der Waals surface area contributed by atoms with E-state index in [9.17, 15) is 9.18 Å². The molecule has 146 valence electrons. The van der Waals surface area contributed by atoms with E-state index in [1.807, 2.05) is 18.2 Å². The molecule has 6 heteroatoms. The minimum Gasteiger partial charge on any atom is -0.366 e. The van der Waals surface area contributed by atoms with Gasteiger partial charge in [-0.15, -0.1) is 0 Å². The summed E-state index contributed by atoms with van der Waals surface area (Å²) in [5.41, 5.74) is 8.56. The lowest BCUT2D eigenvalue weighted by molar-refractivity contribution is 0.0999. The SMILES string of the molecule is NC(=O)c1ccccc1CCCN1CCC(c2noc3cc(F)ccc23)CC1. The largest absolute Gasteiger partial charge is 0.366 e. The molecule has 0 spiro atoms. The van der Waals surface area contributed by atoms with E-state index in [1.54, 1.807) is 12.1 Å². The molecule has 1 aliphatic heterocycles. The number of hydrogen-bond donors (Lipinski definition) is 1. The Morgan fingerprint density at radius 2 is 2.00 bits per heavy atom. The smallest absolute Gasteiger partial charge is 0.248 e. The number of aromatic nitrogens is 1. The van der Waals surface area contributed by atoms with Crippen LogP contribution in [0.1, 0.15) is 46.8 Å². The Morgan fingerprint density at radius 1 is 1.21 bits per heavy atom. The van der Waals surface area contributed by atoms with Crippen molar-refractivity contribution in [1.82, 2.24) is 10.1 Å². The molecule has 1 aromatic heterocycles. The molecule has 4 rings (SSSR count). The van der Waals surface area contributed by atoms with Crippen LogP contribution >= 0.6 is 0 Å². The van der Waals surface area contributed by atoms with Crippen molar-refractivity contribution in [3.63, 3.8) is 0 Å². The van der Waals surface area contributed by atoms with Gasteiger partial charge >= 0.3 is 0 Å². The van der Waals surface area contributed by atoms with Crippen LogP contribution in [-0.2, 0) is 6.42 Å². The van der Waals surface area contributed by atoms with Gasteiger partial charge in [0.05, 0.1) is 5.69 Å². The number of nitrogens with two attached hydrogens (primary N) is 1. The van der Waals surface area contributed by atoms with Gasteiger partial charge in [0, 0.05) is 22.9 Å². The van der Waals surface area contributed by atoms with E-state index in [4.69, 9.17) is 10.3 Å². The zero-order valence-corrected chi connectivity index (χ0v) is 15.7. The fraction of sp³-hybridized carbons (Fsp3) is 0.364. The van der Waals surface area contributed by atoms with Crippen LogP contribution in [0.25, 0.3) is 11.0 Å². The topological polar surface area (TPSA) is 72.4 Å². The Morgan fingerprint density at radius 3 is 2.79 bits per heavy atom. The monoisotopic (exact) mass is 381 g/mol. The molecule has 3 aromatic rings. The van der Waals surface area contributed by atoms with Crippen LogP contribution < -0.4 is 5.73 Å². The first-order valence-corrected chi connectivity index (χ1v) is 9.76. The summed E-state index contributed by atoms with van der Waals surface area (Å²) in [6, 6.07) is 12.2. The number of aryl methyl sites for hydroxylation is 1. The fourth-order valence-corrected chi connectivity index (χ4v) is 4.13. The first kappa shape index (κ1) is 18.6. The predicted octanol–water partition coefficient (Wildman–Crippen LogP) is 3.88. The number of primary amides is 1. The Hall–Kier alpha value is -2.73. The van der Waals surface area contributed by atoms with Gasteiger partial charge in [-0.1, -0.05) is 23.4 Å². The fourth-order valence-electron chi connectivity index (χ4n) is 4.13. The molecule has 1 fully saturated rings. The van der Waals surface area contributed by atoms with Gasteiger partial charge in [0.2, 0.25) is 5.91 Å². The molecule has 0 atom stereocenters. The highest BCUT2D eigenvalue weighted by Crippen LogP contribution is 2.32. The van der Waals surface area contributed by atoms with E-state index in [1.165, 1.54) is 12.1 Å². The molecule has 0 bridgehead atoms. The summed E-state index contributed by atoms with van der Waals surface area (Å²) < 4.78 is 18.6. The molecular formula is C22H24FN3O2. The number of nitrogens with zero attached hydrogens (tertiary/aromatic N) is 2. The van der Waals surface area contributed by atoms with Crippen LogP contribution in [-0.4, -0.2) is 35.6 Å². The molecule has 1 aliphatic rings. The van der Waals surface area contributed by atoms with Gasteiger partial charge in [-0.25, -0.2) is 4.39 Å². The highest BCUT2D eigenvalue weighted by molar-refractivity contribution is 5.94. The lowest BCUT2D eigenvalue weighted by Crippen LogP contribution is -2.34. The van der Waals surface area contributed by atoms with Crippen molar-refractivity contribution < 1.29 is 13.7 Å². The van der Waals surface area contributed by atoms with Crippen LogP contribution in [0.3, 0.4) is 0 Å². The molecule has 2 N–H and O–H groups in total. The number of hydrogen-bond acceptors (Lipinski definition) is 4. The van der Waals surface area contributed by atoms with Crippen molar-refractivity contribution >= 4 is 16.9 Å². The summed E-state index contributed by atoms with van der Waals surface area (Å²) in [5.74, 6) is -0.322. The molecule has 1 amide bonds. The zero-order chi connectivity index (χ0) is 19.5. The number of fused-ring (bicyclic) bond motifs is 1. The third kappa shape index (κ3) is 3.92. The maximum absolute atomic E-state index is 13.3. The lowest BCUT2D eigenvalue weighted by Gasteiger charge is -2.31. The Balaban J connectivity index is 1.30. The first-order chi connectivity index (χ1) is 13.6. The maximum atomic E-state index is 13.3.